The number of hydrogen-bond acceptors (Lipinski definition) is 5. The number of carbonyl (C=O) groups is 2. The van der Waals surface area contributed by atoms with E-state index in [2.05, 4.69) is 11.4 Å². The monoisotopic (exact) mass is 383 g/mol. The van der Waals surface area contributed by atoms with E-state index < -0.39 is 0 Å². The van der Waals surface area contributed by atoms with E-state index in [1.54, 1.807) is 28.8 Å². The Kier molecular flexibility index (Phi) is 6.55. The number of para-hydroxylation sites is 1. The molecule has 0 spiro atoms. The first-order valence-corrected chi connectivity index (χ1v) is 9.90. The Morgan fingerprint density at radius 1 is 1.30 bits per heavy atom. The minimum Gasteiger partial charge on any atom is -0.459 e. The summed E-state index contributed by atoms with van der Waals surface area (Å²) in [5.74, 6) is 0.466. The smallest absolute Gasteiger partial charge is 0.289 e. The van der Waals surface area contributed by atoms with Crippen LogP contribution in [0.4, 0.5) is 5.69 Å². The molecule has 3 rings (SSSR count). The first-order valence-electron chi connectivity index (χ1n) is 8.91. The number of furan rings is 1. The molecule has 27 heavy (non-hydrogen) atoms. The first-order chi connectivity index (χ1) is 13.2. The van der Waals surface area contributed by atoms with Crippen LogP contribution in [0.25, 0.3) is 0 Å². The van der Waals surface area contributed by atoms with E-state index in [9.17, 15) is 9.59 Å². The lowest BCUT2D eigenvalue weighted by Gasteiger charge is -2.31. The van der Waals surface area contributed by atoms with Gasteiger partial charge in [0.25, 0.3) is 5.91 Å². The highest BCUT2D eigenvalue weighted by Gasteiger charge is 2.30. The van der Waals surface area contributed by atoms with Gasteiger partial charge in [-0.25, -0.2) is 0 Å². The van der Waals surface area contributed by atoms with Crippen LogP contribution in [-0.2, 0) is 4.79 Å². The van der Waals surface area contributed by atoms with E-state index in [0.29, 0.717) is 31.0 Å². The molecular weight excluding hydrogens is 362 g/mol. The molecule has 0 bridgehead atoms. The Labute approximate surface area is 162 Å². The predicted molar refractivity (Wildman–Crippen MR) is 103 cm³/mol. The molecule has 2 aromatic rings. The number of amides is 2. The zero-order valence-corrected chi connectivity index (χ0v) is 15.7. The molecule has 0 saturated carbocycles. The Balaban J connectivity index is 1.63. The van der Waals surface area contributed by atoms with Crippen LogP contribution < -0.4 is 5.32 Å². The van der Waals surface area contributed by atoms with Crippen LogP contribution >= 0.6 is 11.8 Å². The number of nitrogens with one attached hydrogen (secondary N) is 1. The van der Waals surface area contributed by atoms with Crippen molar-refractivity contribution in [3.63, 3.8) is 0 Å². The van der Waals surface area contributed by atoms with Crippen LogP contribution in [-0.4, -0.2) is 35.6 Å². The van der Waals surface area contributed by atoms with Gasteiger partial charge in [-0.1, -0.05) is 12.1 Å². The summed E-state index contributed by atoms with van der Waals surface area (Å²) in [5.41, 5.74) is 0.750. The molecule has 1 aliphatic heterocycles. The van der Waals surface area contributed by atoms with E-state index in [1.165, 1.54) is 6.26 Å². The number of hydrogen-bond donors (Lipinski definition) is 1. The van der Waals surface area contributed by atoms with Crippen molar-refractivity contribution in [1.82, 2.24) is 4.90 Å². The van der Waals surface area contributed by atoms with Crippen molar-refractivity contribution in [2.45, 2.75) is 24.2 Å². The van der Waals surface area contributed by atoms with Crippen LogP contribution in [0, 0.1) is 17.2 Å². The lowest BCUT2D eigenvalue weighted by molar-refractivity contribution is -0.121. The highest BCUT2D eigenvalue weighted by Crippen LogP contribution is 2.28. The normalized spacial score (nSPS) is 16.6. The maximum atomic E-state index is 12.8. The predicted octanol–water partition coefficient (Wildman–Crippen LogP) is 3.78. The van der Waals surface area contributed by atoms with Gasteiger partial charge in [-0.2, -0.15) is 5.26 Å². The van der Waals surface area contributed by atoms with Gasteiger partial charge in [0.05, 0.1) is 23.9 Å². The number of carbonyl (C=O) groups excluding carboxylic acids is 2. The molecule has 1 aliphatic rings. The zero-order valence-electron chi connectivity index (χ0n) is 14.9. The number of nitriles is 1. The number of benzene rings is 1. The maximum Gasteiger partial charge on any atom is 0.289 e. The SMILES string of the molecule is N#CCCSc1ccccc1NC(=O)[C@H]1CCCN(C(=O)c2ccco2)C1. The quantitative estimate of drug-likeness (QED) is 0.606. The van der Waals surface area contributed by atoms with Crippen LogP contribution in [0.2, 0.25) is 0 Å². The first kappa shape index (κ1) is 19.1. The summed E-state index contributed by atoms with van der Waals surface area (Å²) in [5, 5.41) is 11.7. The number of piperidine rings is 1. The van der Waals surface area contributed by atoms with E-state index in [1.807, 2.05) is 24.3 Å². The van der Waals surface area contributed by atoms with Crippen LogP contribution in [0.3, 0.4) is 0 Å². The number of thioether (sulfide) groups is 1. The van der Waals surface area contributed by atoms with Crippen molar-refractivity contribution >= 4 is 29.3 Å². The van der Waals surface area contributed by atoms with Gasteiger partial charge in [0.1, 0.15) is 0 Å². The van der Waals surface area contributed by atoms with Gasteiger partial charge >= 0.3 is 0 Å². The van der Waals surface area contributed by atoms with E-state index in [4.69, 9.17) is 9.68 Å². The maximum absolute atomic E-state index is 12.8. The minimum atomic E-state index is -0.255. The standard InChI is InChI=1S/C20H21N3O3S/c21-10-5-13-27-18-9-2-1-7-16(18)22-19(24)15-6-3-11-23(14-15)20(25)17-8-4-12-26-17/h1-2,4,7-9,12,15H,3,5-6,11,13-14H2,(H,22,24)/t15-/m0/s1. The number of rotatable bonds is 6. The summed E-state index contributed by atoms with van der Waals surface area (Å²) >= 11 is 1.55. The van der Waals surface area contributed by atoms with Gasteiger partial charge < -0.3 is 14.6 Å². The molecule has 1 fully saturated rings. The molecule has 6 nitrogen and oxygen atoms in total. The van der Waals surface area contributed by atoms with Crippen molar-refractivity contribution in [2.24, 2.45) is 5.92 Å². The highest BCUT2D eigenvalue weighted by atomic mass is 32.2. The van der Waals surface area contributed by atoms with Gasteiger partial charge in [0.15, 0.2) is 5.76 Å². The minimum absolute atomic E-state index is 0.0831. The van der Waals surface area contributed by atoms with Gasteiger partial charge in [-0.05, 0) is 37.1 Å². The highest BCUT2D eigenvalue weighted by molar-refractivity contribution is 7.99. The van der Waals surface area contributed by atoms with Gasteiger partial charge in [0.2, 0.25) is 5.91 Å². The molecule has 0 aliphatic carbocycles. The lowest BCUT2D eigenvalue weighted by Crippen LogP contribution is -2.43. The average Bonchev–Trinajstić information content (AvgIpc) is 3.24. The average molecular weight is 383 g/mol. The summed E-state index contributed by atoms with van der Waals surface area (Å²) < 4.78 is 5.18. The largest absolute Gasteiger partial charge is 0.459 e. The topological polar surface area (TPSA) is 86.3 Å². The van der Waals surface area contributed by atoms with Crippen LogP contribution in [0.1, 0.15) is 29.8 Å². The molecule has 1 N–H and O–H groups in total. The fourth-order valence-corrected chi connectivity index (χ4v) is 3.93. The van der Waals surface area contributed by atoms with Crippen molar-refractivity contribution in [1.29, 1.82) is 5.26 Å². The van der Waals surface area contributed by atoms with Crippen molar-refractivity contribution in [2.75, 3.05) is 24.2 Å². The molecule has 2 heterocycles. The Morgan fingerprint density at radius 2 is 2.15 bits per heavy atom. The van der Waals surface area contributed by atoms with E-state index in [0.717, 1.165) is 23.4 Å². The Hall–Kier alpha value is -2.72. The Bertz CT molecular complexity index is 829. The molecule has 2 amide bonds. The summed E-state index contributed by atoms with van der Waals surface area (Å²) in [7, 11) is 0. The molecule has 1 aromatic carbocycles. The molecule has 1 atom stereocenters. The zero-order chi connectivity index (χ0) is 19.1. The Morgan fingerprint density at radius 3 is 2.93 bits per heavy atom. The molecule has 140 valence electrons. The fraction of sp³-hybridized carbons (Fsp3) is 0.350. The third-order valence-corrected chi connectivity index (χ3v) is 5.50. The second-order valence-electron chi connectivity index (χ2n) is 6.31. The second-order valence-corrected chi connectivity index (χ2v) is 7.45. The molecular formula is C20H21N3O3S. The second kappa shape index (κ2) is 9.28. The molecule has 1 aromatic heterocycles. The molecule has 7 heteroatoms. The van der Waals surface area contributed by atoms with Gasteiger partial charge in [0, 0.05) is 30.2 Å². The summed E-state index contributed by atoms with van der Waals surface area (Å²) in [4.78, 5) is 27.9. The summed E-state index contributed by atoms with van der Waals surface area (Å²) in [6, 6.07) is 13.0. The number of nitrogens with zero attached hydrogens (tertiary/aromatic N) is 2. The molecule has 1 saturated heterocycles. The van der Waals surface area contributed by atoms with Crippen molar-refractivity contribution in [3.8, 4) is 6.07 Å². The van der Waals surface area contributed by atoms with Crippen molar-refractivity contribution < 1.29 is 14.0 Å². The van der Waals surface area contributed by atoms with Crippen molar-refractivity contribution in [3.05, 3.63) is 48.4 Å². The fourth-order valence-electron chi connectivity index (χ4n) is 3.07. The van der Waals surface area contributed by atoms with E-state index >= 15 is 0 Å². The number of anilines is 1. The van der Waals surface area contributed by atoms with Crippen LogP contribution in [0.15, 0.2) is 52.0 Å². The van der Waals surface area contributed by atoms with Crippen LogP contribution in [0.5, 0.6) is 0 Å². The molecule has 0 radical (unpaired) electrons. The van der Waals surface area contributed by atoms with Gasteiger partial charge in [-0.15, -0.1) is 11.8 Å². The van der Waals surface area contributed by atoms with Gasteiger partial charge in [-0.3, -0.25) is 9.59 Å². The lowest BCUT2D eigenvalue weighted by atomic mass is 9.96. The molecule has 0 unspecified atom stereocenters. The third kappa shape index (κ3) is 4.92. The van der Waals surface area contributed by atoms with E-state index in [-0.39, 0.29) is 17.7 Å². The third-order valence-electron chi connectivity index (χ3n) is 4.43. The number of likely N-dealkylation sites (tertiary alicyclic amines) is 1. The summed E-state index contributed by atoms with van der Waals surface area (Å²) in [6.07, 6.45) is 3.46. The summed E-state index contributed by atoms with van der Waals surface area (Å²) in [6.45, 7) is 1.01.